The molecule has 0 radical (unpaired) electrons. The largest absolute Gasteiger partial charge is 0.316 e. The molecule has 3 rings (SSSR count). The fraction of sp³-hybridized carbons (Fsp3) is 0.647. The number of nitrogens with zero attached hydrogens (tertiary/aromatic N) is 1. The topological polar surface area (TPSA) is 15.3 Å². The predicted octanol–water partition coefficient (Wildman–Crippen LogP) is 3.61. The van der Waals surface area contributed by atoms with Crippen LogP contribution < -0.4 is 5.32 Å². The minimum absolute atomic E-state index is 0.817. The Balaban J connectivity index is 1.62. The van der Waals surface area contributed by atoms with Crippen LogP contribution in [0.4, 0.5) is 0 Å². The number of benzene rings is 1. The van der Waals surface area contributed by atoms with Gasteiger partial charge in [0.1, 0.15) is 0 Å². The molecule has 0 bridgehead atoms. The van der Waals surface area contributed by atoms with Crippen LogP contribution in [0.15, 0.2) is 18.2 Å². The molecule has 2 nitrogen and oxygen atoms in total. The molecular formula is C17H25ClN2. The summed E-state index contributed by atoms with van der Waals surface area (Å²) in [5.74, 6) is 0.824. The molecule has 2 aliphatic rings. The van der Waals surface area contributed by atoms with Crippen LogP contribution in [0.25, 0.3) is 0 Å². The summed E-state index contributed by atoms with van der Waals surface area (Å²) in [7, 11) is 0. The van der Waals surface area contributed by atoms with Gasteiger partial charge in [-0.25, -0.2) is 0 Å². The third-order valence-electron chi connectivity index (χ3n) is 4.58. The van der Waals surface area contributed by atoms with E-state index in [0.29, 0.717) is 0 Å². The standard InChI is InChI=1S/C17H25ClN2/c1-13-4-5-14(9-17(13)18)11-20(16-6-7-16)12-15-3-2-8-19-10-15/h4-5,9,15-16,19H,2-3,6-8,10-12H2,1H3. The zero-order valence-corrected chi connectivity index (χ0v) is 13.1. The van der Waals surface area contributed by atoms with Gasteiger partial charge in [0.05, 0.1) is 0 Å². The second-order valence-corrected chi connectivity index (χ2v) is 6.86. The van der Waals surface area contributed by atoms with E-state index in [1.807, 2.05) is 0 Å². The molecule has 110 valence electrons. The van der Waals surface area contributed by atoms with E-state index in [9.17, 15) is 0 Å². The van der Waals surface area contributed by atoms with Crippen molar-refractivity contribution in [1.82, 2.24) is 10.2 Å². The molecule has 1 atom stereocenters. The van der Waals surface area contributed by atoms with E-state index < -0.39 is 0 Å². The van der Waals surface area contributed by atoms with E-state index in [1.165, 1.54) is 56.4 Å². The van der Waals surface area contributed by atoms with Crippen molar-refractivity contribution in [2.24, 2.45) is 5.92 Å². The number of hydrogen-bond donors (Lipinski definition) is 1. The van der Waals surface area contributed by atoms with Crippen LogP contribution in [-0.2, 0) is 6.54 Å². The fourth-order valence-electron chi connectivity index (χ4n) is 3.16. The minimum Gasteiger partial charge on any atom is -0.316 e. The number of halogens is 1. The summed E-state index contributed by atoms with van der Waals surface area (Å²) in [6.07, 6.45) is 5.46. The second kappa shape index (κ2) is 6.46. The molecule has 0 amide bonds. The second-order valence-electron chi connectivity index (χ2n) is 6.46. The quantitative estimate of drug-likeness (QED) is 0.892. The molecule has 0 spiro atoms. The number of rotatable bonds is 5. The van der Waals surface area contributed by atoms with Gasteiger partial charge < -0.3 is 5.32 Å². The Bertz CT molecular complexity index is 450. The van der Waals surface area contributed by atoms with E-state index in [2.05, 4.69) is 35.3 Å². The van der Waals surface area contributed by atoms with Crippen molar-refractivity contribution >= 4 is 11.6 Å². The van der Waals surface area contributed by atoms with E-state index in [4.69, 9.17) is 11.6 Å². The van der Waals surface area contributed by atoms with Gasteiger partial charge in [0, 0.05) is 24.2 Å². The average Bonchev–Trinajstić information content (AvgIpc) is 3.28. The molecule has 0 aromatic heterocycles. The van der Waals surface area contributed by atoms with Gasteiger partial charge in [-0.05, 0) is 68.8 Å². The van der Waals surface area contributed by atoms with Gasteiger partial charge in [-0.1, -0.05) is 23.7 Å². The lowest BCUT2D eigenvalue weighted by molar-refractivity contribution is 0.193. The van der Waals surface area contributed by atoms with Gasteiger partial charge in [0.25, 0.3) is 0 Å². The van der Waals surface area contributed by atoms with Crippen LogP contribution >= 0.6 is 11.6 Å². The molecule has 1 N–H and O–H groups in total. The van der Waals surface area contributed by atoms with Crippen LogP contribution in [0, 0.1) is 12.8 Å². The summed E-state index contributed by atoms with van der Waals surface area (Å²) in [5.41, 5.74) is 2.53. The van der Waals surface area contributed by atoms with Crippen molar-refractivity contribution in [2.75, 3.05) is 19.6 Å². The third-order valence-corrected chi connectivity index (χ3v) is 4.98. The molecule has 1 heterocycles. The Morgan fingerprint density at radius 2 is 2.15 bits per heavy atom. The first-order chi connectivity index (χ1) is 9.72. The number of aryl methyl sites for hydroxylation is 1. The normalized spacial score (nSPS) is 23.2. The molecule has 3 heteroatoms. The number of nitrogens with one attached hydrogen (secondary N) is 1. The Kier molecular flexibility index (Phi) is 4.65. The van der Waals surface area contributed by atoms with Gasteiger partial charge >= 0.3 is 0 Å². The number of hydrogen-bond acceptors (Lipinski definition) is 2. The summed E-state index contributed by atoms with van der Waals surface area (Å²) in [4.78, 5) is 2.68. The molecular weight excluding hydrogens is 268 g/mol. The highest BCUT2D eigenvalue weighted by atomic mass is 35.5. The monoisotopic (exact) mass is 292 g/mol. The van der Waals surface area contributed by atoms with Gasteiger partial charge in [0.15, 0.2) is 0 Å². The molecule has 1 aromatic carbocycles. The van der Waals surface area contributed by atoms with E-state index in [-0.39, 0.29) is 0 Å². The molecule has 2 fully saturated rings. The molecule has 1 aromatic rings. The van der Waals surface area contributed by atoms with Crippen LogP contribution in [0.2, 0.25) is 5.02 Å². The molecule has 1 aliphatic carbocycles. The first kappa shape index (κ1) is 14.4. The highest BCUT2D eigenvalue weighted by Crippen LogP contribution is 2.30. The maximum absolute atomic E-state index is 6.26. The Morgan fingerprint density at radius 1 is 1.30 bits per heavy atom. The van der Waals surface area contributed by atoms with Gasteiger partial charge in [-0.15, -0.1) is 0 Å². The zero-order chi connectivity index (χ0) is 13.9. The molecule has 1 saturated carbocycles. The minimum atomic E-state index is 0.817. The van der Waals surface area contributed by atoms with Crippen molar-refractivity contribution in [1.29, 1.82) is 0 Å². The van der Waals surface area contributed by atoms with Crippen molar-refractivity contribution in [3.05, 3.63) is 34.3 Å². The lowest BCUT2D eigenvalue weighted by Gasteiger charge is -2.30. The highest BCUT2D eigenvalue weighted by Gasteiger charge is 2.30. The Morgan fingerprint density at radius 3 is 2.80 bits per heavy atom. The first-order valence-corrected chi connectivity index (χ1v) is 8.30. The van der Waals surface area contributed by atoms with Crippen molar-refractivity contribution in [2.45, 2.75) is 45.2 Å². The van der Waals surface area contributed by atoms with Gasteiger partial charge in [-0.3, -0.25) is 4.90 Å². The maximum atomic E-state index is 6.26. The highest BCUT2D eigenvalue weighted by molar-refractivity contribution is 6.31. The summed E-state index contributed by atoms with van der Waals surface area (Å²) in [6, 6.07) is 7.34. The van der Waals surface area contributed by atoms with E-state index in [0.717, 1.165) is 23.5 Å². The molecule has 20 heavy (non-hydrogen) atoms. The van der Waals surface area contributed by atoms with Crippen LogP contribution in [-0.4, -0.2) is 30.6 Å². The van der Waals surface area contributed by atoms with Crippen LogP contribution in [0.5, 0.6) is 0 Å². The van der Waals surface area contributed by atoms with Crippen molar-refractivity contribution < 1.29 is 0 Å². The molecule has 1 aliphatic heterocycles. The summed E-state index contributed by atoms with van der Waals surface area (Å²) >= 11 is 6.26. The number of piperidine rings is 1. The Labute approximate surface area is 127 Å². The lowest BCUT2D eigenvalue weighted by atomic mass is 9.98. The first-order valence-electron chi connectivity index (χ1n) is 7.92. The average molecular weight is 293 g/mol. The van der Waals surface area contributed by atoms with Gasteiger partial charge in [0.2, 0.25) is 0 Å². The molecule has 1 saturated heterocycles. The van der Waals surface area contributed by atoms with Crippen molar-refractivity contribution in [3.8, 4) is 0 Å². The fourth-order valence-corrected chi connectivity index (χ4v) is 3.37. The van der Waals surface area contributed by atoms with Crippen molar-refractivity contribution in [3.63, 3.8) is 0 Å². The van der Waals surface area contributed by atoms with E-state index in [1.54, 1.807) is 0 Å². The van der Waals surface area contributed by atoms with Gasteiger partial charge in [-0.2, -0.15) is 0 Å². The summed E-state index contributed by atoms with van der Waals surface area (Å²) in [6.45, 7) is 6.76. The third kappa shape index (κ3) is 3.75. The molecule has 1 unspecified atom stereocenters. The lowest BCUT2D eigenvalue weighted by Crippen LogP contribution is -2.39. The Hall–Kier alpha value is -0.570. The smallest absolute Gasteiger partial charge is 0.0438 e. The van der Waals surface area contributed by atoms with Crippen LogP contribution in [0.3, 0.4) is 0 Å². The zero-order valence-electron chi connectivity index (χ0n) is 12.4. The van der Waals surface area contributed by atoms with Crippen LogP contribution in [0.1, 0.15) is 36.8 Å². The van der Waals surface area contributed by atoms with E-state index >= 15 is 0 Å². The SMILES string of the molecule is Cc1ccc(CN(CC2CCCNC2)C2CC2)cc1Cl. The summed E-state index contributed by atoms with van der Waals surface area (Å²) in [5, 5.41) is 4.43. The predicted molar refractivity (Wildman–Crippen MR) is 85.2 cm³/mol. The summed E-state index contributed by atoms with van der Waals surface area (Å²) < 4.78 is 0. The maximum Gasteiger partial charge on any atom is 0.0438 e.